The van der Waals surface area contributed by atoms with E-state index in [1.807, 2.05) is 19.1 Å². The van der Waals surface area contributed by atoms with Crippen LogP contribution in [0.5, 0.6) is 0 Å². The molecule has 3 aliphatic rings. The third-order valence-corrected chi connectivity index (χ3v) is 13.7. The zero-order chi connectivity index (χ0) is 40.3. The first-order chi connectivity index (χ1) is 27.6. The Bertz CT molecular complexity index is 1890. The summed E-state index contributed by atoms with van der Waals surface area (Å²) < 4.78 is 13.9. The van der Waals surface area contributed by atoms with Gasteiger partial charge < -0.3 is 0 Å². The zero-order valence-corrected chi connectivity index (χ0v) is 34.0. The standard InChI is InChI=1S/C52H61FO4/c1-4-47(54)30-31-49(42-10-5-6-11-42)52(57)45-13-8-12-44(34-45)50(55)32-22-38-17-15-37(16-18-38)19-25-43(41-26-28-46(53)29-27-41)33-39-20-23-40(24-21-39)36(3)51(56)48-14-7-9-35(48)2/h1,15-18,20-21,23-24,26-29,36,42-45,48-49H,2,5-14,19,22,25,30-34H2,3H3/t36?,43?,44-,45?,48-,49+/m1/s1. The summed E-state index contributed by atoms with van der Waals surface area (Å²) in [5.74, 6) is 2.60. The summed E-state index contributed by atoms with van der Waals surface area (Å²) in [5, 5.41) is 0. The molecule has 3 aromatic rings. The highest BCUT2D eigenvalue weighted by atomic mass is 19.1. The lowest BCUT2D eigenvalue weighted by molar-refractivity contribution is -0.132. The molecule has 0 aromatic heterocycles. The summed E-state index contributed by atoms with van der Waals surface area (Å²) >= 11 is 0. The van der Waals surface area contributed by atoms with Gasteiger partial charge in [0.15, 0.2) is 0 Å². The molecule has 3 aliphatic carbocycles. The molecule has 4 nitrogen and oxygen atoms in total. The number of rotatable bonds is 19. The lowest BCUT2D eigenvalue weighted by Gasteiger charge is -2.32. The van der Waals surface area contributed by atoms with E-state index in [1.54, 1.807) is 0 Å². The van der Waals surface area contributed by atoms with Crippen molar-refractivity contribution in [3.8, 4) is 12.3 Å². The first kappa shape index (κ1) is 42.2. The molecule has 0 aliphatic heterocycles. The summed E-state index contributed by atoms with van der Waals surface area (Å²) in [6.45, 7) is 6.15. The lowest BCUT2D eigenvalue weighted by Crippen LogP contribution is -2.34. The van der Waals surface area contributed by atoms with Crippen LogP contribution in [0, 0.1) is 47.8 Å². The second-order valence-corrected chi connectivity index (χ2v) is 17.5. The molecule has 3 fully saturated rings. The van der Waals surface area contributed by atoms with Crippen LogP contribution in [-0.4, -0.2) is 23.1 Å². The van der Waals surface area contributed by atoms with Crippen molar-refractivity contribution in [1.29, 1.82) is 0 Å². The van der Waals surface area contributed by atoms with Crippen molar-refractivity contribution in [1.82, 2.24) is 0 Å². The predicted octanol–water partition coefficient (Wildman–Crippen LogP) is 11.5. The summed E-state index contributed by atoms with van der Waals surface area (Å²) in [6, 6.07) is 23.9. The van der Waals surface area contributed by atoms with Crippen LogP contribution in [0.25, 0.3) is 0 Å². The Balaban J connectivity index is 1.01. The van der Waals surface area contributed by atoms with Gasteiger partial charge in [-0.15, -0.1) is 6.42 Å². The maximum Gasteiger partial charge on any atom is 0.205 e. The number of benzene rings is 3. The zero-order valence-electron chi connectivity index (χ0n) is 34.0. The van der Waals surface area contributed by atoms with E-state index in [-0.39, 0.29) is 70.9 Å². The Morgan fingerprint density at radius 2 is 1.35 bits per heavy atom. The summed E-state index contributed by atoms with van der Waals surface area (Å²) in [7, 11) is 0. The van der Waals surface area contributed by atoms with Gasteiger partial charge in [0.2, 0.25) is 5.78 Å². The van der Waals surface area contributed by atoms with E-state index < -0.39 is 0 Å². The summed E-state index contributed by atoms with van der Waals surface area (Å²) in [5.41, 5.74) is 6.77. The Morgan fingerprint density at radius 1 is 0.719 bits per heavy atom. The number of hydrogen-bond acceptors (Lipinski definition) is 4. The number of ketones is 4. The molecule has 5 heteroatoms. The second-order valence-electron chi connectivity index (χ2n) is 17.5. The van der Waals surface area contributed by atoms with Crippen molar-refractivity contribution < 1.29 is 23.6 Å². The molecule has 6 rings (SSSR count). The molecule has 0 radical (unpaired) electrons. The molecule has 57 heavy (non-hydrogen) atoms. The van der Waals surface area contributed by atoms with Gasteiger partial charge in [-0.05, 0) is 141 Å². The SMILES string of the molecule is C#CC(=O)CC[C@H](C(=O)C1CCC[C@@H](C(=O)CCc2ccc(CCC(Cc3ccc(C(C)C(=O)[C@@H]4CCCC4=C)cc3)c3ccc(F)cc3)cc2)C1)C1CCCC1. The van der Waals surface area contributed by atoms with Gasteiger partial charge in [0.25, 0.3) is 0 Å². The molecule has 3 unspecified atom stereocenters. The van der Waals surface area contributed by atoms with Gasteiger partial charge >= 0.3 is 0 Å². The van der Waals surface area contributed by atoms with Gasteiger partial charge in [0, 0.05) is 42.4 Å². The molecule has 0 bridgehead atoms. The predicted molar refractivity (Wildman–Crippen MR) is 226 cm³/mol. The van der Waals surface area contributed by atoms with E-state index in [4.69, 9.17) is 6.42 Å². The van der Waals surface area contributed by atoms with Gasteiger partial charge in [-0.3, -0.25) is 19.2 Å². The highest BCUT2D eigenvalue weighted by Gasteiger charge is 2.38. The number of aryl methyl sites for hydroxylation is 2. The second kappa shape index (κ2) is 20.3. The normalized spacial score (nSPS) is 21.4. The van der Waals surface area contributed by atoms with Crippen LogP contribution in [0.2, 0.25) is 0 Å². The van der Waals surface area contributed by atoms with Crippen molar-refractivity contribution in [2.45, 2.75) is 134 Å². The van der Waals surface area contributed by atoms with Gasteiger partial charge in [0.1, 0.15) is 23.2 Å². The number of terminal acetylenes is 1. The molecule has 0 saturated heterocycles. The molecule has 6 atom stereocenters. The molecule has 0 amide bonds. The minimum absolute atomic E-state index is 0.0160. The Labute approximate surface area is 340 Å². The van der Waals surface area contributed by atoms with Crippen molar-refractivity contribution in [2.24, 2.45) is 29.6 Å². The van der Waals surface area contributed by atoms with Crippen molar-refractivity contribution >= 4 is 23.1 Å². The van der Waals surface area contributed by atoms with Crippen LogP contribution in [0.15, 0.2) is 84.9 Å². The number of hydrogen-bond donors (Lipinski definition) is 0. The molecule has 3 aromatic carbocycles. The summed E-state index contributed by atoms with van der Waals surface area (Å²) in [6.07, 6.45) is 20.3. The molecule has 3 saturated carbocycles. The van der Waals surface area contributed by atoms with E-state index in [2.05, 4.69) is 61.0 Å². The maximum absolute atomic E-state index is 13.9. The average molecular weight is 769 g/mol. The number of Topliss-reactive ketones (excluding diaryl/α,β-unsaturated/α-hetero) is 4. The molecular weight excluding hydrogens is 708 g/mol. The number of carbonyl (C=O) groups is 4. The van der Waals surface area contributed by atoms with Crippen LogP contribution in [0.1, 0.15) is 143 Å². The molecule has 0 heterocycles. The average Bonchev–Trinajstić information content (AvgIpc) is 3.94. The van der Waals surface area contributed by atoms with Gasteiger partial charge in [-0.25, -0.2) is 4.39 Å². The van der Waals surface area contributed by atoms with E-state index in [0.29, 0.717) is 31.6 Å². The monoisotopic (exact) mass is 768 g/mol. The third kappa shape index (κ3) is 11.4. The Kier molecular flexibility index (Phi) is 15.0. The molecule has 0 N–H and O–H groups in total. The Morgan fingerprint density at radius 3 is 2.00 bits per heavy atom. The van der Waals surface area contributed by atoms with E-state index in [0.717, 1.165) is 106 Å². The van der Waals surface area contributed by atoms with Crippen LogP contribution < -0.4 is 0 Å². The van der Waals surface area contributed by atoms with Crippen LogP contribution in [0.4, 0.5) is 4.39 Å². The third-order valence-electron chi connectivity index (χ3n) is 13.7. The van der Waals surface area contributed by atoms with Crippen LogP contribution in [-0.2, 0) is 38.4 Å². The highest BCUT2D eigenvalue weighted by Crippen LogP contribution is 2.40. The van der Waals surface area contributed by atoms with E-state index in [9.17, 15) is 23.6 Å². The molecule has 0 spiro atoms. The van der Waals surface area contributed by atoms with Crippen LogP contribution >= 0.6 is 0 Å². The first-order valence-corrected chi connectivity index (χ1v) is 21.8. The van der Waals surface area contributed by atoms with Gasteiger partial charge in [0.05, 0.1) is 0 Å². The van der Waals surface area contributed by atoms with Crippen molar-refractivity contribution in [3.63, 3.8) is 0 Å². The van der Waals surface area contributed by atoms with E-state index >= 15 is 0 Å². The fourth-order valence-electron chi connectivity index (χ4n) is 10.1. The fraction of sp³-hybridized carbons (Fsp3) is 0.500. The largest absolute Gasteiger partial charge is 0.299 e. The van der Waals surface area contributed by atoms with Crippen molar-refractivity contribution in [3.05, 3.63) is 119 Å². The van der Waals surface area contributed by atoms with E-state index in [1.165, 1.54) is 23.3 Å². The summed E-state index contributed by atoms with van der Waals surface area (Å²) in [4.78, 5) is 52.5. The lowest BCUT2D eigenvalue weighted by atomic mass is 9.71. The highest BCUT2D eigenvalue weighted by molar-refractivity contribution is 5.95. The van der Waals surface area contributed by atoms with Crippen LogP contribution in [0.3, 0.4) is 0 Å². The molecular formula is C52H61FO4. The minimum Gasteiger partial charge on any atom is -0.299 e. The quantitative estimate of drug-likeness (QED) is 0.0692. The van der Waals surface area contributed by atoms with Gasteiger partial charge in [-0.2, -0.15) is 0 Å². The fourth-order valence-corrected chi connectivity index (χ4v) is 10.1. The first-order valence-electron chi connectivity index (χ1n) is 21.8. The number of allylic oxidation sites excluding steroid dienone is 1. The topological polar surface area (TPSA) is 68.3 Å². The maximum atomic E-state index is 13.9. The number of carbonyl (C=O) groups excluding carboxylic acids is 4. The Hall–Kier alpha value is -4.43. The molecule has 300 valence electrons. The smallest absolute Gasteiger partial charge is 0.205 e. The van der Waals surface area contributed by atoms with Crippen molar-refractivity contribution in [2.75, 3.05) is 0 Å². The minimum atomic E-state index is -0.241. The number of halogens is 1. The van der Waals surface area contributed by atoms with Gasteiger partial charge in [-0.1, -0.05) is 99.0 Å².